The number of para-hydroxylation sites is 1. The van der Waals surface area contributed by atoms with Crippen LogP contribution in [0.25, 0.3) is 10.9 Å². The normalized spacial score (nSPS) is 16.3. The summed E-state index contributed by atoms with van der Waals surface area (Å²) in [5.41, 5.74) is 4.17. The summed E-state index contributed by atoms with van der Waals surface area (Å²) in [5, 5.41) is 1.13. The molecule has 0 radical (unpaired) electrons. The number of aromatic nitrogens is 1. The molecule has 1 aliphatic rings. The number of benzene rings is 3. The molecule has 2 amide bonds. The van der Waals surface area contributed by atoms with Crippen molar-refractivity contribution in [3.8, 4) is 0 Å². The van der Waals surface area contributed by atoms with Gasteiger partial charge in [0.05, 0.1) is 13.2 Å². The van der Waals surface area contributed by atoms with Gasteiger partial charge in [-0.2, -0.15) is 0 Å². The van der Waals surface area contributed by atoms with E-state index in [0.717, 1.165) is 34.0 Å². The number of methoxy groups -OCH3 is 1. The molecule has 39 heavy (non-hydrogen) atoms. The minimum absolute atomic E-state index is 0.00684. The molecule has 202 valence electrons. The van der Waals surface area contributed by atoms with Crippen LogP contribution in [0.4, 0.5) is 4.39 Å². The molecule has 1 saturated carbocycles. The number of fused-ring (bicyclic) bond motifs is 1. The van der Waals surface area contributed by atoms with E-state index in [1.807, 2.05) is 42.6 Å². The van der Waals surface area contributed by atoms with Gasteiger partial charge in [0.15, 0.2) is 0 Å². The van der Waals surface area contributed by atoms with Crippen molar-refractivity contribution < 1.29 is 18.7 Å². The van der Waals surface area contributed by atoms with Gasteiger partial charge in [-0.05, 0) is 53.6 Å². The lowest BCUT2D eigenvalue weighted by molar-refractivity contribution is -0.142. The number of hydrogen-bond donors (Lipinski definition) is 1. The van der Waals surface area contributed by atoms with Crippen molar-refractivity contribution in [2.45, 2.75) is 25.3 Å². The van der Waals surface area contributed by atoms with Crippen LogP contribution in [0.5, 0.6) is 0 Å². The molecule has 4 aromatic rings. The zero-order valence-corrected chi connectivity index (χ0v) is 22.2. The second-order valence-corrected chi connectivity index (χ2v) is 10.2. The lowest BCUT2D eigenvalue weighted by atomic mass is 10.1. The van der Waals surface area contributed by atoms with Crippen LogP contribution in [0.2, 0.25) is 0 Å². The van der Waals surface area contributed by atoms with Gasteiger partial charge >= 0.3 is 0 Å². The minimum Gasteiger partial charge on any atom is -0.383 e. The minimum atomic E-state index is -0.316. The molecule has 1 fully saturated rings. The second-order valence-electron chi connectivity index (χ2n) is 10.2. The largest absolute Gasteiger partial charge is 0.383 e. The number of ether oxygens (including phenoxy) is 1. The van der Waals surface area contributed by atoms with E-state index >= 15 is 0 Å². The number of halogens is 1. The topological polar surface area (TPSA) is 65.6 Å². The van der Waals surface area contributed by atoms with E-state index in [-0.39, 0.29) is 36.0 Å². The summed E-state index contributed by atoms with van der Waals surface area (Å²) < 4.78 is 18.8. The van der Waals surface area contributed by atoms with Gasteiger partial charge in [0.1, 0.15) is 5.82 Å². The Balaban J connectivity index is 1.31. The van der Waals surface area contributed by atoms with Crippen molar-refractivity contribution in [3.05, 3.63) is 108 Å². The van der Waals surface area contributed by atoms with Crippen molar-refractivity contribution in [1.82, 2.24) is 14.8 Å². The summed E-state index contributed by atoms with van der Waals surface area (Å²) in [7, 11) is 1.59. The highest BCUT2D eigenvalue weighted by Gasteiger charge is 2.46. The fraction of sp³-hybridized carbons (Fsp3) is 0.312. The van der Waals surface area contributed by atoms with Crippen molar-refractivity contribution in [2.75, 3.05) is 33.4 Å². The van der Waals surface area contributed by atoms with Gasteiger partial charge in [0.2, 0.25) is 11.8 Å². The summed E-state index contributed by atoms with van der Waals surface area (Å²) in [6.07, 6.45) is 3.43. The number of hydrogen-bond acceptors (Lipinski definition) is 3. The lowest BCUT2D eigenvalue weighted by Gasteiger charge is -2.28. The number of aromatic amines is 1. The maximum atomic E-state index is 13.7. The Bertz CT molecular complexity index is 1400. The number of carbonyl (C=O) groups excluding carboxylic acids is 2. The van der Waals surface area contributed by atoms with Crippen LogP contribution in [0.3, 0.4) is 0 Å². The Hall–Kier alpha value is -3.97. The monoisotopic (exact) mass is 527 g/mol. The van der Waals surface area contributed by atoms with Gasteiger partial charge in [0, 0.05) is 49.8 Å². The van der Waals surface area contributed by atoms with Crippen LogP contribution in [0.1, 0.15) is 29.0 Å². The Morgan fingerprint density at radius 2 is 1.69 bits per heavy atom. The number of H-pyrrole nitrogens is 1. The van der Waals surface area contributed by atoms with Gasteiger partial charge < -0.3 is 19.5 Å². The molecule has 1 heterocycles. The van der Waals surface area contributed by atoms with Gasteiger partial charge in [-0.3, -0.25) is 9.59 Å². The quantitative estimate of drug-likeness (QED) is 0.277. The molecule has 0 aliphatic heterocycles. The third-order valence-electron chi connectivity index (χ3n) is 7.50. The average molecular weight is 528 g/mol. The third-order valence-corrected chi connectivity index (χ3v) is 7.50. The van der Waals surface area contributed by atoms with E-state index < -0.39 is 0 Å². The molecule has 1 aliphatic carbocycles. The smallest absolute Gasteiger partial charge is 0.242 e. The molecular weight excluding hydrogens is 493 g/mol. The van der Waals surface area contributed by atoms with Crippen LogP contribution in [0, 0.1) is 11.7 Å². The summed E-state index contributed by atoms with van der Waals surface area (Å²) in [4.78, 5) is 33.9. The maximum absolute atomic E-state index is 13.7. The molecule has 1 aromatic heterocycles. The predicted octanol–water partition coefficient (Wildman–Crippen LogP) is 5.16. The van der Waals surface area contributed by atoms with Gasteiger partial charge in [-0.1, -0.05) is 60.7 Å². The number of rotatable bonds is 12. The van der Waals surface area contributed by atoms with E-state index in [2.05, 4.69) is 23.2 Å². The van der Waals surface area contributed by atoms with Crippen LogP contribution in [-0.4, -0.2) is 59.9 Å². The zero-order chi connectivity index (χ0) is 27.2. The number of amides is 2. The molecule has 1 N–H and O–H groups in total. The first kappa shape index (κ1) is 26.6. The first-order valence-corrected chi connectivity index (χ1v) is 13.4. The Labute approximate surface area is 228 Å². The van der Waals surface area contributed by atoms with Crippen molar-refractivity contribution in [3.63, 3.8) is 0 Å². The van der Waals surface area contributed by atoms with Gasteiger partial charge in [0.25, 0.3) is 0 Å². The first-order valence-electron chi connectivity index (χ1n) is 13.4. The second kappa shape index (κ2) is 12.3. The maximum Gasteiger partial charge on any atom is 0.242 e. The molecule has 2 atom stereocenters. The van der Waals surface area contributed by atoms with E-state index in [0.29, 0.717) is 32.7 Å². The molecule has 7 heteroatoms. The molecule has 0 saturated heterocycles. The van der Waals surface area contributed by atoms with Gasteiger partial charge in [-0.15, -0.1) is 0 Å². The van der Waals surface area contributed by atoms with E-state index in [9.17, 15) is 14.0 Å². The average Bonchev–Trinajstić information content (AvgIpc) is 3.67. The number of nitrogens with one attached hydrogen (secondary N) is 1. The van der Waals surface area contributed by atoms with Crippen LogP contribution in [0.15, 0.2) is 85.1 Å². The third kappa shape index (κ3) is 6.55. The summed E-state index contributed by atoms with van der Waals surface area (Å²) in [5.74, 6) is -0.387. The van der Waals surface area contributed by atoms with E-state index in [1.54, 1.807) is 29.0 Å². The molecule has 0 spiro atoms. The van der Waals surface area contributed by atoms with Crippen LogP contribution < -0.4 is 0 Å². The first-order chi connectivity index (χ1) is 19.0. The summed E-state index contributed by atoms with van der Waals surface area (Å²) in [6, 6.07) is 24.3. The highest BCUT2D eigenvalue weighted by atomic mass is 19.1. The Morgan fingerprint density at radius 1 is 0.949 bits per heavy atom. The van der Waals surface area contributed by atoms with E-state index in [4.69, 9.17) is 4.74 Å². The van der Waals surface area contributed by atoms with Crippen molar-refractivity contribution in [1.29, 1.82) is 0 Å². The highest BCUT2D eigenvalue weighted by Crippen LogP contribution is 2.48. The van der Waals surface area contributed by atoms with Crippen LogP contribution >= 0.6 is 0 Å². The van der Waals surface area contributed by atoms with Crippen molar-refractivity contribution in [2.24, 2.45) is 5.92 Å². The summed E-state index contributed by atoms with van der Waals surface area (Å²) in [6.45, 7) is 1.50. The SMILES string of the molecule is COCCN(CC(=O)N(CCc1c[nH]c2ccccc12)Cc1ccc(F)cc1)C(=O)[C@@H]1C[C@H]1c1ccccc1. The molecule has 5 rings (SSSR count). The fourth-order valence-corrected chi connectivity index (χ4v) is 5.20. The molecule has 6 nitrogen and oxygen atoms in total. The fourth-order valence-electron chi connectivity index (χ4n) is 5.20. The Kier molecular flexibility index (Phi) is 8.37. The summed E-state index contributed by atoms with van der Waals surface area (Å²) >= 11 is 0. The molecule has 3 aromatic carbocycles. The van der Waals surface area contributed by atoms with Crippen molar-refractivity contribution >= 4 is 22.7 Å². The highest BCUT2D eigenvalue weighted by molar-refractivity contribution is 5.88. The lowest BCUT2D eigenvalue weighted by Crippen LogP contribution is -2.45. The predicted molar refractivity (Wildman–Crippen MR) is 150 cm³/mol. The number of carbonyl (C=O) groups is 2. The molecule has 0 unspecified atom stereocenters. The standard InChI is InChI=1S/C32H34FN3O3/c1-39-18-17-36(32(38)29-19-28(29)24-7-3-2-4-8-24)22-31(37)35(21-23-11-13-26(33)14-12-23)16-15-25-20-34-30-10-6-5-9-27(25)30/h2-14,20,28-29,34H,15-19,21-22H2,1H3/t28-,29+/m0/s1. The van der Waals surface area contributed by atoms with E-state index in [1.165, 1.54) is 12.1 Å². The van der Waals surface area contributed by atoms with Crippen LogP contribution in [-0.2, 0) is 27.3 Å². The molecular formula is C32H34FN3O3. The molecule has 0 bridgehead atoms. The number of nitrogens with zero attached hydrogens (tertiary/aromatic N) is 2. The zero-order valence-electron chi connectivity index (χ0n) is 22.2. The Morgan fingerprint density at radius 3 is 2.46 bits per heavy atom. The van der Waals surface area contributed by atoms with Gasteiger partial charge in [-0.25, -0.2) is 4.39 Å².